The molecule has 1 amide bonds. The summed E-state index contributed by atoms with van der Waals surface area (Å²) in [5.74, 6) is 1.33. The van der Waals surface area contributed by atoms with Crippen molar-refractivity contribution in [2.75, 3.05) is 6.61 Å². The Bertz CT molecular complexity index is 894. The van der Waals surface area contributed by atoms with Crippen molar-refractivity contribution >= 4 is 5.91 Å². The summed E-state index contributed by atoms with van der Waals surface area (Å²) in [7, 11) is 0. The Labute approximate surface area is 180 Å². The van der Waals surface area contributed by atoms with Crippen LogP contribution in [-0.4, -0.2) is 18.6 Å². The summed E-state index contributed by atoms with van der Waals surface area (Å²) in [5, 5.41) is 3.54. The van der Waals surface area contributed by atoms with Crippen LogP contribution in [0.25, 0.3) is 0 Å². The molecule has 3 nitrogen and oxygen atoms in total. The molecule has 2 aromatic rings. The molecule has 0 aromatic heterocycles. The van der Waals surface area contributed by atoms with E-state index >= 15 is 0 Å². The number of hydrogen-bond donors (Lipinski definition) is 1. The first kappa shape index (κ1) is 19.8. The van der Waals surface area contributed by atoms with Gasteiger partial charge < -0.3 is 10.1 Å². The van der Waals surface area contributed by atoms with E-state index in [1.54, 1.807) is 0 Å². The SMILES string of the molecule is CC1(C)[C@@H]2C[C@@H]3[C@@H](c4ccccc4)OCCC3(C2)[C@H]1NC(=O)CCc1ccccc1. The minimum atomic E-state index is 0.136. The molecule has 5 rings (SSSR count). The van der Waals surface area contributed by atoms with Gasteiger partial charge in [-0.3, -0.25) is 4.79 Å². The van der Waals surface area contributed by atoms with Crippen molar-refractivity contribution in [2.45, 2.75) is 58.1 Å². The first-order valence-electron chi connectivity index (χ1n) is 11.5. The zero-order chi connectivity index (χ0) is 20.8. The van der Waals surface area contributed by atoms with Crippen molar-refractivity contribution < 1.29 is 9.53 Å². The Morgan fingerprint density at radius 2 is 1.77 bits per heavy atom. The Morgan fingerprint density at radius 3 is 2.50 bits per heavy atom. The quantitative estimate of drug-likeness (QED) is 0.734. The lowest BCUT2D eigenvalue weighted by atomic mass is 9.59. The first-order valence-corrected chi connectivity index (χ1v) is 11.5. The second-order valence-electron chi connectivity index (χ2n) is 10.2. The number of fused-ring (bicyclic) bond motifs is 1. The second-order valence-corrected chi connectivity index (χ2v) is 10.2. The molecule has 1 saturated heterocycles. The number of carbonyl (C=O) groups is 1. The normalized spacial score (nSPS) is 33.8. The second kappa shape index (κ2) is 7.53. The summed E-state index contributed by atoms with van der Waals surface area (Å²) < 4.78 is 6.34. The van der Waals surface area contributed by atoms with Crippen molar-refractivity contribution in [3.05, 3.63) is 71.8 Å². The molecular weight excluding hydrogens is 370 g/mol. The van der Waals surface area contributed by atoms with E-state index in [0.717, 1.165) is 19.4 Å². The fourth-order valence-corrected chi connectivity index (χ4v) is 6.90. The van der Waals surface area contributed by atoms with Crippen molar-refractivity contribution in [1.82, 2.24) is 5.32 Å². The largest absolute Gasteiger partial charge is 0.373 e. The van der Waals surface area contributed by atoms with E-state index in [1.807, 2.05) is 18.2 Å². The molecule has 2 saturated carbocycles. The average molecular weight is 404 g/mol. The van der Waals surface area contributed by atoms with Gasteiger partial charge >= 0.3 is 0 Å². The van der Waals surface area contributed by atoms with Crippen LogP contribution in [0.1, 0.15) is 56.8 Å². The number of rotatable bonds is 5. The Kier molecular flexibility index (Phi) is 4.97. The predicted octanol–water partition coefficient (Wildman–Crippen LogP) is 5.32. The maximum atomic E-state index is 13.0. The van der Waals surface area contributed by atoms with Gasteiger partial charge in [0.1, 0.15) is 0 Å². The summed E-state index contributed by atoms with van der Waals surface area (Å²) in [6.45, 7) is 5.53. The van der Waals surface area contributed by atoms with Gasteiger partial charge in [0.25, 0.3) is 0 Å². The van der Waals surface area contributed by atoms with Crippen LogP contribution in [0.5, 0.6) is 0 Å². The van der Waals surface area contributed by atoms with Gasteiger partial charge in [0.05, 0.1) is 6.10 Å². The van der Waals surface area contributed by atoms with Gasteiger partial charge in [0, 0.05) is 19.1 Å². The molecule has 30 heavy (non-hydrogen) atoms. The van der Waals surface area contributed by atoms with Gasteiger partial charge in [0.15, 0.2) is 0 Å². The molecular formula is C27H33NO2. The molecule has 1 spiro atoms. The molecule has 158 valence electrons. The van der Waals surface area contributed by atoms with Crippen molar-refractivity contribution in [3.8, 4) is 0 Å². The van der Waals surface area contributed by atoms with E-state index in [0.29, 0.717) is 18.3 Å². The predicted molar refractivity (Wildman–Crippen MR) is 119 cm³/mol. The van der Waals surface area contributed by atoms with E-state index in [9.17, 15) is 4.79 Å². The molecule has 3 aliphatic rings. The van der Waals surface area contributed by atoms with E-state index in [-0.39, 0.29) is 28.9 Å². The highest BCUT2D eigenvalue weighted by molar-refractivity contribution is 5.77. The average Bonchev–Trinajstić information content (AvgIpc) is 3.26. The van der Waals surface area contributed by atoms with Crippen LogP contribution in [0.2, 0.25) is 0 Å². The minimum Gasteiger partial charge on any atom is -0.373 e. The van der Waals surface area contributed by atoms with Gasteiger partial charge in [-0.05, 0) is 59.5 Å². The first-order chi connectivity index (χ1) is 14.5. The lowest BCUT2D eigenvalue weighted by Crippen LogP contribution is -2.58. The summed E-state index contributed by atoms with van der Waals surface area (Å²) in [6.07, 6.45) is 5.01. The minimum absolute atomic E-state index is 0.136. The number of benzene rings is 2. The molecule has 2 aliphatic carbocycles. The zero-order valence-electron chi connectivity index (χ0n) is 18.1. The fourth-order valence-electron chi connectivity index (χ4n) is 6.90. The van der Waals surface area contributed by atoms with E-state index in [4.69, 9.17) is 4.74 Å². The Morgan fingerprint density at radius 1 is 1.07 bits per heavy atom. The van der Waals surface area contributed by atoms with Crippen molar-refractivity contribution in [2.24, 2.45) is 22.7 Å². The lowest BCUT2D eigenvalue weighted by Gasteiger charge is -2.53. The highest BCUT2D eigenvalue weighted by atomic mass is 16.5. The molecule has 1 aliphatic heterocycles. The third kappa shape index (κ3) is 3.19. The molecule has 1 N–H and O–H groups in total. The Hall–Kier alpha value is -2.13. The van der Waals surface area contributed by atoms with Crippen LogP contribution >= 0.6 is 0 Å². The van der Waals surface area contributed by atoms with Gasteiger partial charge in [-0.2, -0.15) is 0 Å². The monoisotopic (exact) mass is 403 g/mol. The number of aryl methyl sites for hydroxylation is 1. The Balaban J connectivity index is 1.36. The van der Waals surface area contributed by atoms with Gasteiger partial charge in [-0.1, -0.05) is 74.5 Å². The highest BCUT2D eigenvalue weighted by Crippen LogP contribution is 2.70. The number of carbonyl (C=O) groups excluding carboxylic acids is 1. The van der Waals surface area contributed by atoms with Crippen molar-refractivity contribution in [3.63, 3.8) is 0 Å². The van der Waals surface area contributed by atoms with Crippen LogP contribution in [-0.2, 0) is 16.0 Å². The molecule has 1 heterocycles. The lowest BCUT2D eigenvalue weighted by molar-refractivity contribution is -0.137. The summed E-state index contributed by atoms with van der Waals surface area (Å²) in [4.78, 5) is 13.0. The number of amides is 1. The number of nitrogens with one attached hydrogen (secondary N) is 1. The summed E-state index contributed by atoms with van der Waals surface area (Å²) in [5.41, 5.74) is 2.82. The third-order valence-electron chi connectivity index (χ3n) is 8.42. The molecule has 2 bridgehead atoms. The van der Waals surface area contributed by atoms with Crippen LogP contribution < -0.4 is 5.32 Å². The molecule has 3 fully saturated rings. The van der Waals surface area contributed by atoms with Crippen LogP contribution in [0.3, 0.4) is 0 Å². The molecule has 5 atom stereocenters. The van der Waals surface area contributed by atoms with E-state index in [2.05, 4.69) is 61.6 Å². The topological polar surface area (TPSA) is 38.3 Å². The number of hydrogen-bond acceptors (Lipinski definition) is 2. The summed E-state index contributed by atoms with van der Waals surface area (Å²) in [6, 6.07) is 21.2. The number of ether oxygens (including phenoxy) is 1. The maximum Gasteiger partial charge on any atom is 0.220 e. The maximum absolute atomic E-state index is 13.0. The zero-order valence-corrected chi connectivity index (χ0v) is 18.1. The van der Waals surface area contributed by atoms with Crippen molar-refractivity contribution in [1.29, 1.82) is 0 Å². The molecule has 1 unspecified atom stereocenters. The van der Waals surface area contributed by atoms with E-state index < -0.39 is 0 Å². The molecule has 3 heteroatoms. The van der Waals surface area contributed by atoms with Gasteiger partial charge in [0.2, 0.25) is 5.91 Å². The fraction of sp³-hybridized carbons (Fsp3) is 0.519. The van der Waals surface area contributed by atoms with E-state index in [1.165, 1.54) is 24.0 Å². The molecule has 2 aromatic carbocycles. The van der Waals surface area contributed by atoms with Crippen LogP contribution in [0.4, 0.5) is 0 Å². The summed E-state index contributed by atoms with van der Waals surface area (Å²) >= 11 is 0. The van der Waals surface area contributed by atoms with Crippen LogP contribution in [0.15, 0.2) is 60.7 Å². The smallest absolute Gasteiger partial charge is 0.220 e. The van der Waals surface area contributed by atoms with Gasteiger partial charge in [-0.25, -0.2) is 0 Å². The standard InChI is InChI=1S/C27H33NO2/c1-26(2)21-17-22-24(20-11-7-4-8-12-20)30-16-15-27(22,18-21)25(26)28-23(29)14-13-19-9-5-3-6-10-19/h3-12,21-22,24-25H,13-18H2,1-2H3,(H,28,29)/t21-,22-,24-,25+,27?/m1/s1. The third-order valence-corrected chi connectivity index (χ3v) is 8.42. The van der Waals surface area contributed by atoms with Gasteiger partial charge in [-0.15, -0.1) is 0 Å². The molecule has 0 radical (unpaired) electrons. The van der Waals surface area contributed by atoms with Crippen LogP contribution in [0, 0.1) is 22.7 Å². The highest BCUT2D eigenvalue weighted by Gasteiger charge is 2.68.